The molecule has 0 saturated carbocycles. The van der Waals surface area contributed by atoms with E-state index in [1.165, 1.54) is 0 Å². The van der Waals surface area contributed by atoms with E-state index in [9.17, 15) is 4.79 Å². The fourth-order valence-corrected chi connectivity index (χ4v) is 2.18. The van der Waals surface area contributed by atoms with Gasteiger partial charge in [0.1, 0.15) is 5.75 Å². The van der Waals surface area contributed by atoms with Gasteiger partial charge in [-0.05, 0) is 37.7 Å². The number of Topliss-reactive ketones (excluding diaryl/α,β-unsaturated/α-hetero) is 1. The Morgan fingerprint density at radius 2 is 1.95 bits per heavy atom. The number of halogens is 1. The van der Waals surface area contributed by atoms with Gasteiger partial charge >= 0.3 is 0 Å². The normalized spacial score (nSPS) is 10.8. The highest BCUT2D eigenvalue weighted by atomic mass is 35.5. The van der Waals surface area contributed by atoms with E-state index in [2.05, 4.69) is 18.7 Å². The lowest BCUT2D eigenvalue weighted by molar-refractivity contribution is 0.0966. The maximum Gasteiger partial charge on any atom is 0.164 e. The van der Waals surface area contributed by atoms with Crippen molar-refractivity contribution >= 4 is 17.4 Å². The number of rotatable bonds is 9. The predicted octanol–water partition coefficient (Wildman–Crippen LogP) is 4.04. The van der Waals surface area contributed by atoms with Crippen molar-refractivity contribution in [1.82, 2.24) is 4.90 Å². The number of benzene rings is 1. The summed E-state index contributed by atoms with van der Waals surface area (Å²) in [5.74, 6) is 0.773. The summed E-state index contributed by atoms with van der Waals surface area (Å²) in [5, 5.41) is 0.507. The zero-order chi connectivity index (χ0) is 15.0. The van der Waals surface area contributed by atoms with Crippen LogP contribution in [0.3, 0.4) is 0 Å². The first-order chi connectivity index (χ1) is 9.62. The Bertz CT molecular complexity index is 430. The van der Waals surface area contributed by atoms with Crippen molar-refractivity contribution in [3.63, 3.8) is 0 Å². The molecule has 0 aromatic heterocycles. The van der Waals surface area contributed by atoms with E-state index in [1.54, 1.807) is 18.2 Å². The molecular formula is C16H24ClNO2. The summed E-state index contributed by atoms with van der Waals surface area (Å²) in [4.78, 5) is 14.4. The third kappa shape index (κ3) is 5.14. The van der Waals surface area contributed by atoms with Gasteiger partial charge in [-0.25, -0.2) is 0 Å². The number of ether oxygens (including phenoxy) is 1. The second-order valence-electron chi connectivity index (χ2n) is 4.69. The van der Waals surface area contributed by atoms with E-state index >= 15 is 0 Å². The molecule has 1 aromatic rings. The van der Waals surface area contributed by atoms with Crippen LogP contribution >= 0.6 is 11.6 Å². The van der Waals surface area contributed by atoms with Gasteiger partial charge in [-0.15, -0.1) is 0 Å². The first kappa shape index (κ1) is 17.0. The molecule has 4 heteroatoms. The van der Waals surface area contributed by atoms with Crippen molar-refractivity contribution in [3.8, 4) is 5.75 Å². The molecule has 0 aliphatic rings. The molecule has 0 amide bonds. The van der Waals surface area contributed by atoms with E-state index in [4.69, 9.17) is 16.3 Å². The Balaban J connectivity index is 2.62. The lowest BCUT2D eigenvalue weighted by Gasteiger charge is -2.17. The summed E-state index contributed by atoms with van der Waals surface area (Å²) in [6.45, 7) is 9.60. The summed E-state index contributed by atoms with van der Waals surface area (Å²) >= 11 is 6.14. The molecule has 1 rings (SSSR count). The minimum absolute atomic E-state index is 0.126. The maximum atomic E-state index is 12.1. The fourth-order valence-electron chi connectivity index (χ4n) is 1.95. The van der Waals surface area contributed by atoms with Crippen LogP contribution in [0.4, 0.5) is 0 Å². The summed E-state index contributed by atoms with van der Waals surface area (Å²) in [5.41, 5.74) is 0.658. The standard InChI is InChI=1S/C16H24ClNO2/c1-4-11-20-16-8-7-13(12-14(16)17)15(19)9-10-18(5-2)6-3/h7-8,12H,4-6,9-11H2,1-3H3. The highest BCUT2D eigenvalue weighted by Gasteiger charge is 2.11. The minimum Gasteiger partial charge on any atom is -0.492 e. The second-order valence-corrected chi connectivity index (χ2v) is 5.10. The number of carbonyl (C=O) groups is 1. The zero-order valence-electron chi connectivity index (χ0n) is 12.6. The molecule has 0 aliphatic heterocycles. The first-order valence-corrected chi connectivity index (χ1v) is 7.68. The molecule has 0 spiro atoms. The number of ketones is 1. The van der Waals surface area contributed by atoms with Gasteiger partial charge in [-0.3, -0.25) is 4.79 Å². The van der Waals surface area contributed by atoms with Crippen LogP contribution in [-0.4, -0.2) is 36.9 Å². The van der Waals surface area contributed by atoms with Crippen LogP contribution in [0.15, 0.2) is 18.2 Å². The van der Waals surface area contributed by atoms with Crippen molar-refractivity contribution < 1.29 is 9.53 Å². The monoisotopic (exact) mass is 297 g/mol. The van der Waals surface area contributed by atoms with E-state index in [1.807, 2.05) is 6.92 Å². The smallest absolute Gasteiger partial charge is 0.164 e. The van der Waals surface area contributed by atoms with Gasteiger partial charge in [0.25, 0.3) is 0 Å². The first-order valence-electron chi connectivity index (χ1n) is 7.30. The van der Waals surface area contributed by atoms with Gasteiger partial charge in [0.05, 0.1) is 11.6 Å². The third-order valence-electron chi connectivity index (χ3n) is 3.27. The van der Waals surface area contributed by atoms with Crippen molar-refractivity contribution in [1.29, 1.82) is 0 Å². The largest absolute Gasteiger partial charge is 0.492 e. The van der Waals surface area contributed by atoms with E-state index < -0.39 is 0 Å². The maximum absolute atomic E-state index is 12.1. The number of hydrogen-bond donors (Lipinski definition) is 0. The van der Waals surface area contributed by atoms with Gasteiger partial charge < -0.3 is 9.64 Å². The molecule has 0 N–H and O–H groups in total. The van der Waals surface area contributed by atoms with Crippen LogP contribution in [0.1, 0.15) is 44.0 Å². The molecule has 0 aliphatic carbocycles. The molecule has 0 unspecified atom stereocenters. The van der Waals surface area contributed by atoms with Gasteiger partial charge in [0.2, 0.25) is 0 Å². The third-order valence-corrected chi connectivity index (χ3v) is 3.56. The molecule has 20 heavy (non-hydrogen) atoms. The quantitative estimate of drug-likeness (QED) is 0.644. The summed E-state index contributed by atoms with van der Waals surface area (Å²) in [7, 11) is 0. The molecule has 1 aromatic carbocycles. The van der Waals surface area contributed by atoms with E-state index in [0.717, 1.165) is 26.1 Å². The Labute approximate surface area is 126 Å². The average molecular weight is 298 g/mol. The van der Waals surface area contributed by atoms with Crippen LogP contribution in [0.25, 0.3) is 0 Å². The van der Waals surface area contributed by atoms with Crippen molar-refractivity contribution in [2.75, 3.05) is 26.2 Å². The average Bonchev–Trinajstić information content (AvgIpc) is 2.46. The highest BCUT2D eigenvalue weighted by Crippen LogP contribution is 2.26. The van der Waals surface area contributed by atoms with Gasteiger partial charge in [-0.2, -0.15) is 0 Å². The number of carbonyl (C=O) groups excluding carboxylic acids is 1. The molecule has 0 fully saturated rings. The molecule has 0 bridgehead atoms. The molecule has 0 saturated heterocycles. The van der Waals surface area contributed by atoms with E-state index in [0.29, 0.717) is 29.4 Å². The van der Waals surface area contributed by atoms with Crippen LogP contribution in [0.2, 0.25) is 5.02 Å². The lowest BCUT2D eigenvalue weighted by Crippen LogP contribution is -2.25. The van der Waals surface area contributed by atoms with Crippen LogP contribution in [0, 0.1) is 0 Å². The van der Waals surface area contributed by atoms with Crippen LogP contribution in [0.5, 0.6) is 5.75 Å². The van der Waals surface area contributed by atoms with Gasteiger partial charge in [0.15, 0.2) is 5.78 Å². The summed E-state index contributed by atoms with van der Waals surface area (Å²) in [6, 6.07) is 5.28. The van der Waals surface area contributed by atoms with Crippen molar-refractivity contribution in [2.45, 2.75) is 33.6 Å². The Morgan fingerprint density at radius 1 is 1.25 bits per heavy atom. The Kier molecular flexibility index (Phi) is 7.63. The van der Waals surface area contributed by atoms with Crippen molar-refractivity contribution in [3.05, 3.63) is 28.8 Å². The summed E-state index contributed by atoms with van der Waals surface area (Å²) < 4.78 is 5.50. The summed E-state index contributed by atoms with van der Waals surface area (Å²) in [6.07, 6.45) is 1.45. The lowest BCUT2D eigenvalue weighted by atomic mass is 10.1. The van der Waals surface area contributed by atoms with Crippen LogP contribution < -0.4 is 4.74 Å². The van der Waals surface area contributed by atoms with Gasteiger partial charge in [0, 0.05) is 18.5 Å². The minimum atomic E-state index is 0.126. The topological polar surface area (TPSA) is 29.5 Å². The number of hydrogen-bond acceptors (Lipinski definition) is 3. The highest BCUT2D eigenvalue weighted by molar-refractivity contribution is 6.32. The molecule has 112 valence electrons. The second kappa shape index (κ2) is 8.98. The predicted molar refractivity (Wildman–Crippen MR) is 84.0 cm³/mol. The van der Waals surface area contributed by atoms with Crippen LogP contribution in [-0.2, 0) is 0 Å². The van der Waals surface area contributed by atoms with E-state index in [-0.39, 0.29) is 5.78 Å². The Hall–Kier alpha value is -1.06. The zero-order valence-corrected chi connectivity index (χ0v) is 13.4. The molecule has 0 atom stereocenters. The fraction of sp³-hybridized carbons (Fsp3) is 0.562. The Morgan fingerprint density at radius 3 is 2.50 bits per heavy atom. The molecular weight excluding hydrogens is 274 g/mol. The SMILES string of the molecule is CCCOc1ccc(C(=O)CCN(CC)CC)cc1Cl. The van der Waals surface area contributed by atoms with Crippen molar-refractivity contribution in [2.24, 2.45) is 0 Å². The molecule has 3 nitrogen and oxygen atoms in total. The number of nitrogens with zero attached hydrogens (tertiary/aromatic N) is 1. The molecule has 0 heterocycles. The van der Waals surface area contributed by atoms with Gasteiger partial charge in [-0.1, -0.05) is 32.4 Å². The molecule has 0 radical (unpaired) electrons.